The van der Waals surface area contributed by atoms with Crippen LogP contribution in [0, 0.1) is 11.3 Å². The highest BCUT2D eigenvalue weighted by Crippen LogP contribution is 2.39. The summed E-state index contributed by atoms with van der Waals surface area (Å²) in [4.78, 5) is 28.5. The van der Waals surface area contributed by atoms with E-state index in [-0.39, 0.29) is 23.0 Å². The zero-order valence-electron chi connectivity index (χ0n) is 15.4. The topological polar surface area (TPSA) is 78.0 Å². The fourth-order valence-electron chi connectivity index (χ4n) is 4.05. The lowest BCUT2D eigenvalue weighted by Crippen LogP contribution is -2.46. The van der Waals surface area contributed by atoms with Gasteiger partial charge in [0.1, 0.15) is 0 Å². The van der Waals surface area contributed by atoms with Crippen molar-refractivity contribution in [1.29, 1.82) is 0 Å². The molecular weight excluding hydrogens is 342 g/mol. The summed E-state index contributed by atoms with van der Waals surface area (Å²) in [6, 6.07) is 0. The van der Waals surface area contributed by atoms with Crippen LogP contribution in [0.4, 0.5) is 0 Å². The van der Waals surface area contributed by atoms with Crippen LogP contribution >= 0.6 is 0 Å². The highest BCUT2D eigenvalue weighted by atomic mass is 32.2. The van der Waals surface area contributed by atoms with Gasteiger partial charge in [-0.2, -0.15) is 4.31 Å². The van der Waals surface area contributed by atoms with Crippen LogP contribution in [0.2, 0.25) is 0 Å². The summed E-state index contributed by atoms with van der Waals surface area (Å²) in [5, 5.41) is -0.267. The molecule has 1 aliphatic carbocycles. The normalized spacial score (nSPS) is 28.9. The van der Waals surface area contributed by atoms with Crippen molar-refractivity contribution < 1.29 is 18.0 Å². The molecule has 1 atom stereocenters. The smallest absolute Gasteiger partial charge is 0.225 e. The SMILES string of the molecule is CCN1CC2(CC1=O)CN(C(=O)C(C)C)CCN(S(=O)(=O)C1CC1)C2. The Morgan fingerprint density at radius 1 is 1.20 bits per heavy atom. The second-order valence-corrected chi connectivity index (χ2v) is 10.3. The Kier molecular flexibility index (Phi) is 4.87. The van der Waals surface area contributed by atoms with Crippen LogP contribution in [0.1, 0.15) is 40.0 Å². The summed E-state index contributed by atoms with van der Waals surface area (Å²) >= 11 is 0. The second kappa shape index (κ2) is 6.54. The number of rotatable bonds is 4. The number of carbonyl (C=O) groups is 2. The van der Waals surface area contributed by atoms with E-state index in [2.05, 4.69) is 0 Å². The van der Waals surface area contributed by atoms with Crippen LogP contribution < -0.4 is 0 Å². The molecule has 0 aromatic carbocycles. The molecule has 8 heteroatoms. The van der Waals surface area contributed by atoms with E-state index >= 15 is 0 Å². The molecule has 2 aliphatic heterocycles. The van der Waals surface area contributed by atoms with Gasteiger partial charge in [-0.05, 0) is 19.8 Å². The molecule has 0 radical (unpaired) electrons. The largest absolute Gasteiger partial charge is 0.342 e. The molecule has 0 N–H and O–H groups in total. The van der Waals surface area contributed by atoms with Crippen LogP contribution in [0.3, 0.4) is 0 Å². The fraction of sp³-hybridized carbons (Fsp3) is 0.882. The highest BCUT2D eigenvalue weighted by Gasteiger charge is 2.50. The van der Waals surface area contributed by atoms with Crippen molar-refractivity contribution in [2.24, 2.45) is 11.3 Å². The third kappa shape index (κ3) is 3.56. The third-order valence-corrected chi connectivity index (χ3v) is 7.90. The number of amides is 2. The Morgan fingerprint density at radius 3 is 2.40 bits per heavy atom. The number of sulfonamides is 1. The highest BCUT2D eigenvalue weighted by molar-refractivity contribution is 7.90. The zero-order chi connectivity index (χ0) is 18.4. The Labute approximate surface area is 150 Å². The Bertz CT molecular complexity index is 659. The van der Waals surface area contributed by atoms with Crippen LogP contribution in [-0.2, 0) is 19.6 Å². The van der Waals surface area contributed by atoms with Crippen LogP contribution in [0.5, 0.6) is 0 Å². The van der Waals surface area contributed by atoms with Gasteiger partial charge in [0.05, 0.1) is 5.25 Å². The van der Waals surface area contributed by atoms with Gasteiger partial charge in [0, 0.05) is 57.0 Å². The lowest BCUT2D eigenvalue weighted by atomic mass is 9.86. The molecule has 0 bridgehead atoms. The maximum Gasteiger partial charge on any atom is 0.225 e. The van der Waals surface area contributed by atoms with E-state index in [1.807, 2.05) is 20.8 Å². The molecule has 2 heterocycles. The number of likely N-dealkylation sites (tertiary alicyclic amines) is 1. The predicted octanol–water partition coefficient (Wildman–Crippen LogP) is 0.517. The number of hydrogen-bond acceptors (Lipinski definition) is 4. The van der Waals surface area contributed by atoms with E-state index in [9.17, 15) is 18.0 Å². The minimum absolute atomic E-state index is 0.0347. The molecule has 3 rings (SSSR count). The number of nitrogens with zero attached hydrogens (tertiary/aromatic N) is 3. The molecule has 1 unspecified atom stereocenters. The maximum atomic E-state index is 12.8. The Morgan fingerprint density at radius 2 is 1.88 bits per heavy atom. The van der Waals surface area contributed by atoms with E-state index in [1.165, 1.54) is 0 Å². The molecule has 7 nitrogen and oxygen atoms in total. The molecular formula is C17H29N3O4S. The summed E-state index contributed by atoms with van der Waals surface area (Å²) in [6.45, 7) is 8.34. The minimum Gasteiger partial charge on any atom is -0.342 e. The van der Waals surface area contributed by atoms with Crippen LogP contribution in [0.25, 0.3) is 0 Å². The quantitative estimate of drug-likeness (QED) is 0.722. The summed E-state index contributed by atoms with van der Waals surface area (Å²) in [7, 11) is -3.32. The third-order valence-electron chi connectivity index (χ3n) is 5.56. The van der Waals surface area contributed by atoms with E-state index in [0.29, 0.717) is 45.7 Å². The molecule has 142 valence electrons. The molecule has 2 saturated heterocycles. The summed E-state index contributed by atoms with van der Waals surface area (Å²) in [5.74, 6) is -0.0411. The van der Waals surface area contributed by atoms with Crippen molar-refractivity contribution in [2.45, 2.75) is 45.3 Å². The first kappa shape index (κ1) is 18.6. The van der Waals surface area contributed by atoms with E-state index in [1.54, 1.807) is 14.1 Å². The van der Waals surface area contributed by atoms with E-state index in [4.69, 9.17) is 0 Å². The minimum atomic E-state index is -3.32. The summed E-state index contributed by atoms with van der Waals surface area (Å²) in [6.07, 6.45) is 1.76. The number of hydrogen-bond donors (Lipinski definition) is 0. The Balaban J connectivity index is 1.90. The van der Waals surface area contributed by atoms with Crippen molar-refractivity contribution in [1.82, 2.24) is 14.1 Å². The van der Waals surface area contributed by atoms with Gasteiger partial charge in [-0.25, -0.2) is 8.42 Å². The van der Waals surface area contributed by atoms with Crippen molar-refractivity contribution in [3.05, 3.63) is 0 Å². The van der Waals surface area contributed by atoms with Gasteiger partial charge in [0.2, 0.25) is 21.8 Å². The van der Waals surface area contributed by atoms with Gasteiger partial charge in [-0.1, -0.05) is 13.8 Å². The van der Waals surface area contributed by atoms with Crippen LogP contribution in [0.15, 0.2) is 0 Å². The first-order valence-corrected chi connectivity index (χ1v) is 10.7. The molecule has 1 spiro atoms. The average molecular weight is 372 g/mol. The fourth-order valence-corrected chi connectivity index (χ4v) is 5.99. The lowest BCUT2D eigenvalue weighted by molar-refractivity contribution is -0.135. The lowest BCUT2D eigenvalue weighted by Gasteiger charge is -2.34. The van der Waals surface area contributed by atoms with Gasteiger partial charge in [-0.3, -0.25) is 9.59 Å². The van der Waals surface area contributed by atoms with E-state index in [0.717, 1.165) is 12.8 Å². The van der Waals surface area contributed by atoms with Crippen LogP contribution in [-0.4, -0.2) is 78.9 Å². The van der Waals surface area contributed by atoms with Gasteiger partial charge >= 0.3 is 0 Å². The average Bonchev–Trinajstić information content (AvgIpc) is 3.35. The number of carbonyl (C=O) groups excluding carboxylic acids is 2. The summed E-state index contributed by atoms with van der Waals surface area (Å²) < 4.78 is 27.2. The van der Waals surface area contributed by atoms with Crippen molar-refractivity contribution >= 4 is 21.8 Å². The van der Waals surface area contributed by atoms with Crippen molar-refractivity contribution in [2.75, 3.05) is 39.3 Å². The molecule has 3 aliphatic rings. The van der Waals surface area contributed by atoms with Crippen molar-refractivity contribution in [3.63, 3.8) is 0 Å². The first-order valence-electron chi connectivity index (χ1n) is 9.24. The predicted molar refractivity (Wildman–Crippen MR) is 94.2 cm³/mol. The molecule has 1 saturated carbocycles. The van der Waals surface area contributed by atoms with Gasteiger partial charge in [-0.15, -0.1) is 0 Å². The van der Waals surface area contributed by atoms with Gasteiger partial charge < -0.3 is 9.80 Å². The molecule has 0 aromatic heterocycles. The monoisotopic (exact) mass is 371 g/mol. The Hall–Kier alpha value is -1.15. The first-order chi connectivity index (χ1) is 11.7. The standard InChI is InChI=1S/C17H29N3O4S/c1-4-18-10-17(9-15(18)21)11-19(16(22)13(2)3)7-8-20(12-17)25(23,24)14-5-6-14/h13-14H,4-12H2,1-3H3. The maximum absolute atomic E-state index is 12.8. The molecule has 2 amide bonds. The summed E-state index contributed by atoms with van der Waals surface area (Å²) in [5.41, 5.74) is -0.490. The zero-order valence-corrected chi connectivity index (χ0v) is 16.2. The van der Waals surface area contributed by atoms with Gasteiger partial charge in [0.25, 0.3) is 0 Å². The molecule has 25 heavy (non-hydrogen) atoms. The van der Waals surface area contributed by atoms with Crippen molar-refractivity contribution in [3.8, 4) is 0 Å². The van der Waals surface area contributed by atoms with Gasteiger partial charge in [0.15, 0.2) is 0 Å². The molecule has 3 fully saturated rings. The van der Waals surface area contributed by atoms with E-state index < -0.39 is 15.4 Å². The molecule has 0 aromatic rings. The second-order valence-electron chi connectivity index (χ2n) is 8.08.